The fourth-order valence-corrected chi connectivity index (χ4v) is 4.37. The van der Waals surface area contributed by atoms with Gasteiger partial charge in [0.15, 0.2) is 0 Å². The number of thiophene rings is 1. The van der Waals surface area contributed by atoms with Crippen molar-refractivity contribution in [2.45, 2.75) is 51.6 Å². The van der Waals surface area contributed by atoms with E-state index in [-0.39, 0.29) is 18.0 Å². The summed E-state index contributed by atoms with van der Waals surface area (Å²) in [5.41, 5.74) is 1.63. The lowest BCUT2D eigenvalue weighted by Gasteiger charge is -2.14. The quantitative estimate of drug-likeness (QED) is 0.865. The summed E-state index contributed by atoms with van der Waals surface area (Å²) in [4.78, 5) is 25.1. The normalized spacial score (nSPS) is 20.5. The summed E-state index contributed by atoms with van der Waals surface area (Å²) >= 11 is 1.51. The van der Waals surface area contributed by atoms with Crippen molar-refractivity contribution in [3.05, 3.63) is 16.0 Å². The molecule has 0 radical (unpaired) electrons. The van der Waals surface area contributed by atoms with Crippen molar-refractivity contribution >= 4 is 28.2 Å². The van der Waals surface area contributed by atoms with Crippen LogP contribution in [0.25, 0.3) is 0 Å². The molecule has 3 rings (SSSR count). The Bertz CT molecular complexity index is 575. The van der Waals surface area contributed by atoms with E-state index in [4.69, 9.17) is 9.47 Å². The molecule has 1 saturated heterocycles. The van der Waals surface area contributed by atoms with Gasteiger partial charge in [0.2, 0.25) is 5.91 Å². The molecular weight excluding hydrogens is 302 g/mol. The molecule has 1 fully saturated rings. The van der Waals surface area contributed by atoms with Gasteiger partial charge in [0.25, 0.3) is 0 Å². The van der Waals surface area contributed by atoms with Gasteiger partial charge in [-0.15, -0.1) is 11.3 Å². The lowest BCUT2D eigenvalue weighted by atomic mass is 9.95. The molecule has 120 valence electrons. The Labute approximate surface area is 134 Å². The number of anilines is 1. The van der Waals surface area contributed by atoms with E-state index >= 15 is 0 Å². The summed E-state index contributed by atoms with van der Waals surface area (Å²) in [5.74, 6) is -0.495. The number of esters is 1. The number of ether oxygens (including phenoxy) is 2. The molecule has 1 amide bonds. The van der Waals surface area contributed by atoms with Gasteiger partial charge in [0.05, 0.1) is 11.7 Å². The summed E-state index contributed by atoms with van der Waals surface area (Å²) in [7, 11) is 0. The van der Waals surface area contributed by atoms with E-state index in [9.17, 15) is 9.59 Å². The van der Waals surface area contributed by atoms with E-state index in [2.05, 4.69) is 5.32 Å². The summed E-state index contributed by atoms with van der Waals surface area (Å²) in [6.45, 7) is 2.50. The second-order valence-electron chi connectivity index (χ2n) is 5.83. The predicted octanol–water partition coefficient (Wildman–Crippen LogP) is 2.92. The fraction of sp³-hybridized carbons (Fsp3) is 0.625. The molecule has 1 unspecified atom stereocenters. The topological polar surface area (TPSA) is 64.6 Å². The first-order chi connectivity index (χ1) is 10.6. The van der Waals surface area contributed by atoms with Crippen molar-refractivity contribution in [2.75, 3.05) is 18.5 Å². The zero-order chi connectivity index (χ0) is 15.5. The average molecular weight is 323 g/mol. The van der Waals surface area contributed by atoms with Gasteiger partial charge in [0, 0.05) is 18.4 Å². The molecule has 2 aliphatic rings. The number of carbonyl (C=O) groups is 2. The number of hydrogen-bond donors (Lipinski definition) is 1. The summed E-state index contributed by atoms with van der Waals surface area (Å²) in [5, 5.41) is 3.42. The van der Waals surface area contributed by atoms with Crippen LogP contribution in [-0.4, -0.2) is 31.2 Å². The molecule has 2 heterocycles. The molecule has 0 saturated carbocycles. The maximum atomic E-state index is 12.5. The Morgan fingerprint density at radius 2 is 2.14 bits per heavy atom. The first-order valence-electron chi connectivity index (χ1n) is 7.86. The number of rotatable bonds is 4. The van der Waals surface area contributed by atoms with Crippen molar-refractivity contribution in [1.29, 1.82) is 0 Å². The van der Waals surface area contributed by atoms with Crippen LogP contribution in [-0.2, 0) is 27.1 Å². The van der Waals surface area contributed by atoms with Crippen LogP contribution in [0.5, 0.6) is 0 Å². The number of fused-ring (bicyclic) bond motifs is 1. The Morgan fingerprint density at radius 3 is 2.86 bits per heavy atom. The van der Waals surface area contributed by atoms with Gasteiger partial charge in [-0.2, -0.15) is 0 Å². The second-order valence-corrected chi connectivity index (χ2v) is 6.93. The largest absolute Gasteiger partial charge is 0.459 e. The molecule has 1 aliphatic heterocycles. The molecule has 0 bridgehead atoms. The Morgan fingerprint density at radius 1 is 1.32 bits per heavy atom. The number of aryl methyl sites for hydroxylation is 1. The van der Waals surface area contributed by atoms with Gasteiger partial charge in [-0.3, -0.25) is 4.79 Å². The van der Waals surface area contributed by atoms with E-state index in [1.807, 2.05) is 0 Å². The first-order valence-corrected chi connectivity index (χ1v) is 8.67. The van der Waals surface area contributed by atoms with Crippen LogP contribution in [0.3, 0.4) is 0 Å². The van der Waals surface area contributed by atoms with Gasteiger partial charge in [0.1, 0.15) is 11.6 Å². The van der Waals surface area contributed by atoms with Gasteiger partial charge in [-0.05, 0) is 44.1 Å². The second kappa shape index (κ2) is 6.79. The van der Waals surface area contributed by atoms with Crippen LogP contribution >= 0.6 is 11.3 Å². The maximum absolute atomic E-state index is 12.5. The predicted molar refractivity (Wildman–Crippen MR) is 84.5 cm³/mol. The van der Waals surface area contributed by atoms with Gasteiger partial charge in [-0.1, -0.05) is 0 Å². The lowest BCUT2D eigenvalue weighted by molar-refractivity contribution is -0.114. The zero-order valence-corrected chi connectivity index (χ0v) is 13.6. The molecule has 22 heavy (non-hydrogen) atoms. The van der Waals surface area contributed by atoms with Crippen molar-refractivity contribution in [1.82, 2.24) is 0 Å². The molecule has 0 spiro atoms. The molecular formula is C16H21NO4S. The van der Waals surface area contributed by atoms with Crippen molar-refractivity contribution in [3.8, 4) is 0 Å². The van der Waals surface area contributed by atoms with E-state index in [1.165, 1.54) is 23.1 Å². The smallest absolute Gasteiger partial charge is 0.341 e. The third-order valence-corrected chi connectivity index (χ3v) is 5.30. The van der Waals surface area contributed by atoms with E-state index in [0.29, 0.717) is 17.2 Å². The Kier molecular flexibility index (Phi) is 4.78. The van der Waals surface area contributed by atoms with Crippen LogP contribution in [0, 0.1) is 0 Å². The number of amides is 1. The van der Waals surface area contributed by atoms with Crippen molar-refractivity contribution in [2.24, 2.45) is 0 Å². The van der Waals surface area contributed by atoms with Crippen LogP contribution in [0.4, 0.5) is 5.00 Å². The third-order valence-electron chi connectivity index (χ3n) is 4.09. The molecule has 1 aromatic rings. The molecule has 1 N–H and O–H groups in total. The monoisotopic (exact) mass is 323 g/mol. The third kappa shape index (κ3) is 3.33. The van der Waals surface area contributed by atoms with E-state index in [0.717, 1.165) is 50.7 Å². The Hall–Kier alpha value is -1.40. The molecule has 1 aromatic heterocycles. The highest BCUT2D eigenvalue weighted by molar-refractivity contribution is 7.17. The molecule has 1 atom stereocenters. The van der Waals surface area contributed by atoms with E-state index in [1.54, 1.807) is 0 Å². The van der Waals surface area contributed by atoms with Crippen LogP contribution in [0.2, 0.25) is 0 Å². The highest BCUT2D eigenvalue weighted by Crippen LogP contribution is 2.38. The Balaban J connectivity index is 1.78. The van der Waals surface area contributed by atoms with Gasteiger partial charge in [-0.25, -0.2) is 4.79 Å². The lowest BCUT2D eigenvalue weighted by Crippen LogP contribution is -2.20. The van der Waals surface area contributed by atoms with Crippen LogP contribution in [0.15, 0.2) is 0 Å². The fourth-order valence-electron chi connectivity index (χ4n) is 3.05. The minimum Gasteiger partial charge on any atom is -0.459 e. The SMILES string of the molecule is CC(=O)Nc1sc2c(c1C(=O)OCC1CCCO1)CCCC2. The van der Waals surface area contributed by atoms with Gasteiger partial charge >= 0.3 is 5.97 Å². The van der Waals surface area contributed by atoms with Crippen molar-refractivity contribution < 1.29 is 19.1 Å². The highest BCUT2D eigenvalue weighted by Gasteiger charge is 2.28. The van der Waals surface area contributed by atoms with Crippen LogP contribution in [0.1, 0.15) is 53.4 Å². The summed E-state index contributed by atoms with van der Waals surface area (Å²) in [6, 6.07) is 0. The van der Waals surface area contributed by atoms with E-state index < -0.39 is 0 Å². The van der Waals surface area contributed by atoms with Crippen molar-refractivity contribution in [3.63, 3.8) is 0 Å². The zero-order valence-electron chi connectivity index (χ0n) is 12.8. The average Bonchev–Trinajstić information content (AvgIpc) is 3.11. The number of carbonyl (C=O) groups excluding carboxylic acids is 2. The number of nitrogens with one attached hydrogen (secondary N) is 1. The highest BCUT2D eigenvalue weighted by atomic mass is 32.1. The molecule has 5 nitrogen and oxygen atoms in total. The minimum atomic E-state index is -0.335. The number of hydrogen-bond acceptors (Lipinski definition) is 5. The summed E-state index contributed by atoms with van der Waals surface area (Å²) in [6.07, 6.45) is 6.05. The standard InChI is InChI=1S/C16H21NO4S/c1-10(18)17-15-14(12-6-2-3-7-13(12)22-15)16(19)21-9-11-5-4-8-20-11/h11H,2-9H2,1H3,(H,17,18). The molecule has 0 aromatic carbocycles. The molecule has 1 aliphatic carbocycles. The summed E-state index contributed by atoms with van der Waals surface area (Å²) < 4.78 is 10.9. The first kappa shape index (κ1) is 15.5. The maximum Gasteiger partial charge on any atom is 0.341 e. The van der Waals surface area contributed by atoms with Gasteiger partial charge < -0.3 is 14.8 Å². The molecule has 6 heteroatoms. The minimum absolute atomic E-state index is 0.0163. The van der Waals surface area contributed by atoms with Crippen LogP contribution < -0.4 is 5.32 Å².